The van der Waals surface area contributed by atoms with Crippen LogP contribution in [0.5, 0.6) is 0 Å². The molecule has 5 heteroatoms. The number of amides is 1. The highest BCUT2D eigenvalue weighted by Crippen LogP contribution is 2.28. The van der Waals surface area contributed by atoms with E-state index in [2.05, 4.69) is 27.2 Å². The van der Waals surface area contributed by atoms with E-state index >= 15 is 0 Å². The molecular weight excluding hydrogens is 326 g/mol. The molecule has 2 N–H and O–H groups in total. The summed E-state index contributed by atoms with van der Waals surface area (Å²) >= 11 is 0. The highest BCUT2D eigenvalue weighted by molar-refractivity contribution is 5.96. The Morgan fingerprint density at radius 3 is 2.42 bits per heavy atom. The molecule has 1 amide bonds. The predicted molar refractivity (Wildman–Crippen MR) is 102 cm³/mol. The lowest BCUT2D eigenvalue weighted by Crippen LogP contribution is -2.49. The number of rotatable bonds is 3. The van der Waals surface area contributed by atoms with Crippen molar-refractivity contribution in [2.45, 2.75) is 50.2 Å². The van der Waals surface area contributed by atoms with Crippen molar-refractivity contribution in [2.75, 3.05) is 39.3 Å². The molecule has 4 rings (SSSR count). The van der Waals surface area contributed by atoms with Gasteiger partial charge in [0.2, 0.25) is 0 Å². The summed E-state index contributed by atoms with van der Waals surface area (Å²) in [6, 6.07) is 8.76. The van der Waals surface area contributed by atoms with Crippen molar-refractivity contribution < 1.29 is 9.90 Å². The smallest absolute Gasteiger partial charge is 0.254 e. The van der Waals surface area contributed by atoms with Crippen LogP contribution in [0.2, 0.25) is 0 Å². The van der Waals surface area contributed by atoms with Gasteiger partial charge in [0.05, 0.1) is 6.10 Å². The maximum absolute atomic E-state index is 13.2. The van der Waals surface area contributed by atoms with Crippen LogP contribution in [0, 0.1) is 0 Å². The normalized spacial score (nSPS) is 26.3. The summed E-state index contributed by atoms with van der Waals surface area (Å²) in [5.41, 5.74) is 2.12. The molecule has 0 radical (unpaired) electrons. The quantitative estimate of drug-likeness (QED) is 0.867. The Kier molecular flexibility index (Phi) is 5.57. The van der Waals surface area contributed by atoms with Crippen molar-refractivity contribution in [3.05, 3.63) is 35.4 Å². The third kappa shape index (κ3) is 3.80. The van der Waals surface area contributed by atoms with E-state index in [9.17, 15) is 9.90 Å². The molecule has 0 aliphatic carbocycles. The average molecular weight is 357 g/mol. The number of hydrogen-bond acceptors (Lipinski definition) is 4. The lowest BCUT2D eigenvalue weighted by atomic mass is 9.92. The highest BCUT2D eigenvalue weighted by atomic mass is 16.3. The van der Waals surface area contributed by atoms with Gasteiger partial charge in [0.1, 0.15) is 0 Å². The van der Waals surface area contributed by atoms with E-state index in [1.54, 1.807) is 0 Å². The zero-order chi connectivity index (χ0) is 17.9. The van der Waals surface area contributed by atoms with E-state index in [0.717, 1.165) is 76.9 Å². The third-order valence-electron chi connectivity index (χ3n) is 6.46. The molecule has 0 bridgehead atoms. The van der Waals surface area contributed by atoms with Gasteiger partial charge in [0.15, 0.2) is 0 Å². The molecule has 3 aliphatic rings. The van der Waals surface area contributed by atoms with E-state index in [1.165, 1.54) is 5.56 Å². The molecule has 3 saturated heterocycles. The van der Waals surface area contributed by atoms with Crippen LogP contribution in [-0.2, 0) is 0 Å². The van der Waals surface area contributed by atoms with Gasteiger partial charge in [-0.15, -0.1) is 0 Å². The van der Waals surface area contributed by atoms with E-state index in [4.69, 9.17) is 0 Å². The van der Waals surface area contributed by atoms with Crippen molar-refractivity contribution in [2.24, 2.45) is 0 Å². The molecule has 142 valence electrons. The van der Waals surface area contributed by atoms with Crippen LogP contribution < -0.4 is 5.32 Å². The number of carbonyl (C=O) groups is 1. The van der Waals surface area contributed by atoms with E-state index < -0.39 is 0 Å². The van der Waals surface area contributed by atoms with Gasteiger partial charge >= 0.3 is 0 Å². The highest BCUT2D eigenvalue weighted by Gasteiger charge is 2.31. The van der Waals surface area contributed by atoms with Gasteiger partial charge in [-0.25, -0.2) is 0 Å². The molecule has 1 atom stereocenters. The second-order valence-electron chi connectivity index (χ2n) is 8.07. The standard InChI is InChI=1S/C21H31N3O2/c25-18-8-13-23(14-9-18)17-6-11-24(12-7-17)21(26)20-4-2-1-3-19(20)16-5-10-22-15-16/h1-4,16-18,22,25H,5-15H2/t16-/m0/s1. The number of benzene rings is 1. The number of piperidine rings is 2. The Bertz CT molecular complexity index is 613. The van der Waals surface area contributed by atoms with Gasteiger partial charge in [-0.05, 0) is 56.2 Å². The minimum absolute atomic E-state index is 0.116. The Morgan fingerprint density at radius 1 is 1.00 bits per heavy atom. The fourth-order valence-corrected chi connectivity index (χ4v) is 4.82. The zero-order valence-corrected chi connectivity index (χ0v) is 15.6. The summed E-state index contributed by atoms with van der Waals surface area (Å²) in [6.07, 6.45) is 4.88. The fraction of sp³-hybridized carbons (Fsp3) is 0.667. The summed E-state index contributed by atoms with van der Waals surface area (Å²) in [5.74, 6) is 0.674. The van der Waals surface area contributed by atoms with E-state index in [0.29, 0.717) is 12.0 Å². The third-order valence-corrected chi connectivity index (χ3v) is 6.46. The zero-order valence-electron chi connectivity index (χ0n) is 15.6. The summed E-state index contributed by atoms with van der Waals surface area (Å²) < 4.78 is 0. The van der Waals surface area contributed by atoms with Crippen molar-refractivity contribution in [1.29, 1.82) is 0 Å². The molecule has 5 nitrogen and oxygen atoms in total. The first-order valence-electron chi connectivity index (χ1n) is 10.2. The number of likely N-dealkylation sites (tertiary alicyclic amines) is 2. The molecule has 0 aromatic heterocycles. The SMILES string of the molecule is O=C(c1ccccc1[C@H]1CCNC1)N1CCC(N2CCC(O)CC2)CC1. The average Bonchev–Trinajstić information content (AvgIpc) is 3.23. The second-order valence-corrected chi connectivity index (χ2v) is 8.07. The maximum Gasteiger partial charge on any atom is 0.254 e. The number of nitrogens with one attached hydrogen (secondary N) is 1. The number of carbonyl (C=O) groups excluding carboxylic acids is 1. The fourth-order valence-electron chi connectivity index (χ4n) is 4.82. The summed E-state index contributed by atoms with van der Waals surface area (Å²) in [6.45, 7) is 5.71. The minimum atomic E-state index is -0.116. The summed E-state index contributed by atoms with van der Waals surface area (Å²) in [4.78, 5) is 17.7. The number of nitrogens with zero attached hydrogens (tertiary/aromatic N) is 2. The largest absolute Gasteiger partial charge is 0.393 e. The van der Waals surface area contributed by atoms with Gasteiger partial charge in [-0.2, -0.15) is 0 Å². The first-order valence-corrected chi connectivity index (χ1v) is 10.2. The molecule has 0 saturated carbocycles. The summed E-state index contributed by atoms with van der Waals surface area (Å²) in [5, 5.41) is 13.1. The van der Waals surface area contributed by atoms with Crippen LogP contribution >= 0.6 is 0 Å². The Labute approximate surface area is 156 Å². The van der Waals surface area contributed by atoms with Crippen molar-refractivity contribution in [3.63, 3.8) is 0 Å². The number of hydrogen-bond donors (Lipinski definition) is 2. The Morgan fingerprint density at radius 2 is 1.73 bits per heavy atom. The Balaban J connectivity index is 1.38. The number of aliphatic hydroxyl groups excluding tert-OH is 1. The molecule has 0 spiro atoms. The molecule has 26 heavy (non-hydrogen) atoms. The molecule has 3 heterocycles. The van der Waals surface area contributed by atoms with Gasteiger partial charge in [0.25, 0.3) is 5.91 Å². The monoisotopic (exact) mass is 357 g/mol. The lowest BCUT2D eigenvalue weighted by molar-refractivity contribution is 0.0356. The van der Waals surface area contributed by atoms with Gasteiger partial charge < -0.3 is 20.2 Å². The van der Waals surface area contributed by atoms with Crippen LogP contribution in [0.4, 0.5) is 0 Å². The number of aliphatic hydroxyl groups is 1. The van der Waals surface area contributed by atoms with Gasteiger partial charge in [-0.3, -0.25) is 4.79 Å². The molecular formula is C21H31N3O2. The van der Waals surface area contributed by atoms with E-state index in [1.807, 2.05) is 12.1 Å². The molecule has 3 fully saturated rings. The topological polar surface area (TPSA) is 55.8 Å². The molecule has 3 aliphatic heterocycles. The first kappa shape index (κ1) is 18.0. The summed E-state index contributed by atoms with van der Waals surface area (Å²) in [7, 11) is 0. The van der Waals surface area contributed by atoms with Gasteiger partial charge in [0, 0.05) is 44.3 Å². The lowest BCUT2D eigenvalue weighted by Gasteiger charge is -2.41. The minimum Gasteiger partial charge on any atom is -0.393 e. The maximum atomic E-state index is 13.2. The van der Waals surface area contributed by atoms with Crippen molar-refractivity contribution in [1.82, 2.24) is 15.1 Å². The molecule has 1 aromatic rings. The van der Waals surface area contributed by atoms with Crippen molar-refractivity contribution in [3.8, 4) is 0 Å². The van der Waals surface area contributed by atoms with Gasteiger partial charge in [-0.1, -0.05) is 18.2 Å². The molecule has 0 unspecified atom stereocenters. The van der Waals surface area contributed by atoms with Crippen molar-refractivity contribution >= 4 is 5.91 Å². The second kappa shape index (κ2) is 8.07. The predicted octanol–water partition coefficient (Wildman–Crippen LogP) is 1.82. The van der Waals surface area contributed by atoms with Crippen LogP contribution in [0.25, 0.3) is 0 Å². The first-order chi connectivity index (χ1) is 12.7. The molecule has 1 aromatic carbocycles. The van der Waals surface area contributed by atoms with E-state index in [-0.39, 0.29) is 12.0 Å². The Hall–Kier alpha value is -1.43. The van der Waals surface area contributed by atoms with Crippen LogP contribution in [0.1, 0.15) is 53.9 Å². The van der Waals surface area contributed by atoms with Crippen LogP contribution in [-0.4, -0.2) is 72.2 Å². The van der Waals surface area contributed by atoms with Crippen LogP contribution in [0.15, 0.2) is 24.3 Å². The van der Waals surface area contributed by atoms with Crippen LogP contribution in [0.3, 0.4) is 0 Å².